The monoisotopic (exact) mass is 527 g/mol. The van der Waals surface area contributed by atoms with E-state index in [1.807, 2.05) is 54.6 Å². The molecule has 1 aliphatic heterocycles. The summed E-state index contributed by atoms with van der Waals surface area (Å²) in [6, 6.07) is 21.5. The maximum Gasteiger partial charge on any atom is 0.295 e. The number of aliphatic hydroxyl groups is 1. The van der Waals surface area contributed by atoms with E-state index in [0.717, 1.165) is 16.7 Å². The molecule has 4 rings (SSSR count). The van der Waals surface area contributed by atoms with Gasteiger partial charge in [-0.2, -0.15) is 0 Å². The molecule has 204 valence electrons. The molecule has 0 aromatic heterocycles. The van der Waals surface area contributed by atoms with E-state index >= 15 is 0 Å². The van der Waals surface area contributed by atoms with Crippen LogP contribution >= 0.6 is 0 Å². The molecule has 1 N–H and O–H groups in total. The summed E-state index contributed by atoms with van der Waals surface area (Å²) in [5.41, 5.74) is 3.17. The number of Topliss-reactive ketones (excluding diaryl/α,β-unsaturated/α-hetero) is 1. The number of benzene rings is 3. The highest BCUT2D eigenvalue weighted by atomic mass is 16.5. The third kappa shape index (κ3) is 6.17. The minimum absolute atomic E-state index is 0.0557. The smallest absolute Gasteiger partial charge is 0.295 e. The number of likely N-dealkylation sites (tertiary alicyclic amines) is 1. The van der Waals surface area contributed by atoms with Gasteiger partial charge in [0.25, 0.3) is 11.7 Å². The van der Waals surface area contributed by atoms with E-state index in [0.29, 0.717) is 29.6 Å². The van der Waals surface area contributed by atoms with Gasteiger partial charge in [-0.05, 0) is 52.3 Å². The van der Waals surface area contributed by atoms with Gasteiger partial charge in [0.05, 0.1) is 25.3 Å². The summed E-state index contributed by atoms with van der Waals surface area (Å²) in [4.78, 5) is 28.4. The summed E-state index contributed by atoms with van der Waals surface area (Å²) >= 11 is 0. The predicted octanol–water partition coefficient (Wildman–Crippen LogP) is 6.65. The van der Waals surface area contributed by atoms with E-state index in [4.69, 9.17) is 9.47 Å². The largest absolute Gasteiger partial charge is 0.507 e. The van der Waals surface area contributed by atoms with E-state index in [1.165, 1.54) is 4.90 Å². The first-order chi connectivity index (χ1) is 18.5. The summed E-state index contributed by atoms with van der Waals surface area (Å²) in [6.07, 6.45) is 0. The number of carbonyl (C=O) groups is 2. The second-order valence-electron chi connectivity index (χ2n) is 11.4. The average Bonchev–Trinajstić information content (AvgIpc) is 3.16. The quantitative estimate of drug-likeness (QED) is 0.202. The molecule has 1 atom stereocenters. The van der Waals surface area contributed by atoms with Crippen LogP contribution in [0.5, 0.6) is 11.5 Å². The van der Waals surface area contributed by atoms with E-state index in [1.54, 1.807) is 25.3 Å². The molecular formula is C33H37NO5. The van der Waals surface area contributed by atoms with Crippen LogP contribution in [0, 0.1) is 5.92 Å². The number of hydrogen-bond donors (Lipinski definition) is 1. The zero-order valence-corrected chi connectivity index (χ0v) is 23.5. The molecule has 0 radical (unpaired) electrons. The summed E-state index contributed by atoms with van der Waals surface area (Å²) in [7, 11) is 1.59. The number of nitrogens with zero attached hydrogens (tertiary/aromatic N) is 1. The van der Waals surface area contributed by atoms with Gasteiger partial charge >= 0.3 is 0 Å². The van der Waals surface area contributed by atoms with Crippen molar-refractivity contribution in [2.75, 3.05) is 13.7 Å². The maximum absolute atomic E-state index is 13.5. The van der Waals surface area contributed by atoms with Crippen molar-refractivity contribution in [2.24, 2.45) is 5.92 Å². The predicted molar refractivity (Wildman–Crippen MR) is 153 cm³/mol. The summed E-state index contributed by atoms with van der Waals surface area (Å²) in [5, 5.41) is 11.5. The second-order valence-corrected chi connectivity index (χ2v) is 11.4. The van der Waals surface area contributed by atoms with Crippen LogP contribution in [0.2, 0.25) is 0 Å². The van der Waals surface area contributed by atoms with Crippen molar-refractivity contribution in [3.8, 4) is 11.5 Å². The van der Waals surface area contributed by atoms with Gasteiger partial charge in [0.1, 0.15) is 17.3 Å². The summed E-state index contributed by atoms with van der Waals surface area (Å²) in [5.74, 6) is 0.0527. The van der Waals surface area contributed by atoms with Gasteiger partial charge in [-0.15, -0.1) is 0 Å². The molecule has 6 heteroatoms. The van der Waals surface area contributed by atoms with Gasteiger partial charge in [0, 0.05) is 12.1 Å². The van der Waals surface area contributed by atoms with Crippen molar-refractivity contribution in [2.45, 2.75) is 52.6 Å². The SMILES string of the molecule is COc1ccc(CN2C(=O)C(=O)/C(=C(\O)c3cccc(OCC(C)C)c3)C2c2ccc(C(C)(C)C)cc2)cc1. The van der Waals surface area contributed by atoms with Crippen LogP contribution in [-0.2, 0) is 21.5 Å². The summed E-state index contributed by atoms with van der Waals surface area (Å²) in [6.45, 7) is 11.2. The number of methoxy groups -OCH3 is 1. The topological polar surface area (TPSA) is 76.1 Å². The van der Waals surface area contributed by atoms with Crippen LogP contribution in [0.25, 0.3) is 5.76 Å². The van der Waals surface area contributed by atoms with Crippen LogP contribution in [0.3, 0.4) is 0 Å². The van der Waals surface area contributed by atoms with Gasteiger partial charge in [0.15, 0.2) is 0 Å². The third-order valence-electron chi connectivity index (χ3n) is 6.84. The van der Waals surface area contributed by atoms with Gasteiger partial charge in [-0.25, -0.2) is 0 Å². The van der Waals surface area contributed by atoms with E-state index in [2.05, 4.69) is 34.6 Å². The number of carbonyl (C=O) groups excluding carboxylic acids is 2. The third-order valence-corrected chi connectivity index (χ3v) is 6.84. The Balaban J connectivity index is 1.80. The standard InChI is InChI=1S/C33H37NO5/c1-21(2)20-39-27-9-7-8-24(18-27)30(35)28-29(23-12-14-25(15-13-23)33(3,4)5)34(32(37)31(28)36)19-22-10-16-26(38-6)17-11-22/h7-18,21,29,35H,19-20H2,1-6H3/b30-28-. The van der Waals surface area contributed by atoms with Crippen LogP contribution in [0.1, 0.15) is 62.9 Å². The Morgan fingerprint density at radius 2 is 1.62 bits per heavy atom. The molecule has 3 aromatic carbocycles. The molecule has 1 heterocycles. The number of amides is 1. The van der Waals surface area contributed by atoms with Crippen molar-refractivity contribution < 1.29 is 24.2 Å². The molecule has 1 aliphatic rings. The highest BCUT2D eigenvalue weighted by Crippen LogP contribution is 2.41. The van der Waals surface area contributed by atoms with Gasteiger partial charge in [0.2, 0.25) is 0 Å². The molecule has 3 aromatic rings. The van der Waals surface area contributed by atoms with Crippen molar-refractivity contribution in [3.63, 3.8) is 0 Å². The van der Waals surface area contributed by atoms with Crippen molar-refractivity contribution >= 4 is 17.4 Å². The van der Waals surface area contributed by atoms with Crippen LogP contribution in [0.4, 0.5) is 0 Å². The Bertz CT molecular complexity index is 1360. The Morgan fingerprint density at radius 3 is 2.21 bits per heavy atom. The highest BCUT2D eigenvalue weighted by Gasteiger charge is 2.46. The molecule has 39 heavy (non-hydrogen) atoms. The first-order valence-corrected chi connectivity index (χ1v) is 13.2. The Hall–Kier alpha value is -4.06. The second kappa shape index (κ2) is 11.4. The molecule has 1 unspecified atom stereocenters. The van der Waals surface area contributed by atoms with Gasteiger partial charge < -0.3 is 19.5 Å². The van der Waals surface area contributed by atoms with Crippen molar-refractivity contribution in [3.05, 3.63) is 101 Å². The van der Waals surface area contributed by atoms with E-state index in [-0.39, 0.29) is 23.3 Å². The minimum atomic E-state index is -0.749. The molecule has 6 nitrogen and oxygen atoms in total. The first-order valence-electron chi connectivity index (χ1n) is 13.2. The van der Waals surface area contributed by atoms with Crippen LogP contribution < -0.4 is 9.47 Å². The van der Waals surface area contributed by atoms with Gasteiger partial charge in [-0.1, -0.05) is 83.1 Å². The molecule has 0 spiro atoms. The number of hydrogen-bond acceptors (Lipinski definition) is 5. The fourth-order valence-electron chi connectivity index (χ4n) is 4.63. The Morgan fingerprint density at radius 1 is 0.949 bits per heavy atom. The molecule has 1 saturated heterocycles. The maximum atomic E-state index is 13.5. The van der Waals surface area contributed by atoms with Gasteiger partial charge in [-0.3, -0.25) is 9.59 Å². The molecule has 1 amide bonds. The minimum Gasteiger partial charge on any atom is -0.507 e. The first kappa shape index (κ1) is 28.0. The van der Waals surface area contributed by atoms with Crippen molar-refractivity contribution in [1.29, 1.82) is 0 Å². The lowest BCUT2D eigenvalue weighted by Crippen LogP contribution is -2.29. The molecule has 1 fully saturated rings. The van der Waals surface area contributed by atoms with Crippen LogP contribution in [0.15, 0.2) is 78.4 Å². The molecule has 0 saturated carbocycles. The zero-order chi connectivity index (χ0) is 28.3. The molecule has 0 bridgehead atoms. The Kier molecular flexibility index (Phi) is 8.14. The van der Waals surface area contributed by atoms with Crippen molar-refractivity contribution in [1.82, 2.24) is 4.90 Å². The highest BCUT2D eigenvalue weighted by molar-refractivity contribution is 6.46. The lowest BCUT2D eigenvalue weighted by molar-refractivity contribution is -0.140. The number of aliphatic hydroxyl groups excluding tert-OH is 1. The number of ketones is 1. The Labute approximate surface area is 230 Å². The lowest BCUT2D eigenvalue weighted by atomic mass is 9.85. The number of ether oxygens (including phenoxy) is 2. The van der Waals surface area contributed by atoms with E-state index < -0.39 is 17.7 Å². The average molecular weight is 528 g/mol. The zero-order valence-electron chi connectivity index (χ0n) is 23.5. The lowest BCUT2D eigenvalue weighted by Gasteiger charge is -2.26. The number of rotatable bonds is 8. The van der Waals surface area contributed by atoms with E-state index in [9.17, 15) is 14.7 Å². The fourth-order valence-corrected chi connectivity index (χ4v) is 4.63. The molecular weight excluding hydrogens is 490 g/mol. The summed E-state index contributed by atoms with van der Waals surface area (Å²) < 4.78 is 11.1. The normalized spacial score (nSPS) is 17.1. The van der Waals surface area contributed by atoms with Crippen LogP contribution in [-0.4, -0.2) is 35.4 Å². The molecule has 0 aliphatic carbocycles. The fraction of sp³-hybridized carbons (Fsp3) is 0.333.